The lowest BCUT2D eigenvalue weighted by molar-refractivity contribution is -0.123. The molecule has 114 valence electrons. The molecule has 1 amide bonds. The summed E-state index contributed by atoms with van der Waals surface area (Å²) in [6, 6.07) is 9.05. The van der Waals surface area contributed by atoms with Crippen LogP contribution >= 0.6 is 0 Å². The van der Waals surface area contributed by atoms with E-state index in [2.05, 4.69) is 11.4 Å². The van der Waals surface area contributed by atoms with E-state index in [0.29, 0.717) is 30.8 Å². The molecule has 1 aromatic rings. The van der Waals surface area contributed by atoms with Crippen molar-refractivity contribution < 1.29 is 14.6 Å². The second-order valence-electron chi connectivity index (χ2n) is 5.54. The standard InChI is InChI=1S/C16H22N2O3/c1-16(2,12-19)18-15(20)8-3-4-9-21-14-7-5-6-13(10-14)11-17/h5-7,10,19H,3-4,8-9,12H2,1-2H3,(H,18,20). The molecule has 0 aliphatic heterocycles. The normalized spacial score (nSPS) is 10.8. The zero-order chi connectivity index (χ0) is 15.7. The number of aliphatic hydroxyl groups excluding tert-OH is 1. The van der Waals surface area contributed by atoms with E-state index in [1.807, 2.05) is 0 Å². The maximum atomic E-state index is 11.6. The second-order valence-corrected chi connectivity index (χ2v) is 5.54. The van der Waals surface area contributed by atoms with Crippen LogP contribution in [0.25, 0.3) is 0 Å². The number of carbonyl (C=O) groups is 1. The molecule has 0 bridgehead atoms. The Morgan fingerprint density at radius 3 is 2.86 bits per heavy atom. The maximum Gasteiger partial charge on any atom is 0.220 e. The summed E-state index contributed by atoms with van der Waals surface area (Å²) in [6.45, 7) is 3.97. The Kier molecular flexibility index (Phi) is 6.70. The van der Waals surface area contributed by atoms with Gasteiger partial charge in [-0.15, -0.1) is 0 Å². The van der Waals surface area contributed by atoms with Crippen molar-refractivity contribution in [2.45, 2.75) is 38.6 Å². The topological polar surface area (TPSA) is 82.3 Å². The molecule has 0 heterocycles. The highest BCUT2D eigenvalue weighted by Crippen LogP contribution is 2.13. The molecule has 2 N–H and O–H groups in total. The second kappa shape index (κ2) is 8.28. The maximum absolute atomic E-state index is 11.6. The highest BCUT2D eigenvalue weighted by molar-refractivity contribution is 5.76. The van der Waals surface area contributed by atoms with Crippen molar-refractivity contribution in [2.24, 2.45) is 0 Å². The fourth-order valence-electron chi connectivity index (χ4n) is 1.71. The van der Waals surface area contributed by atoms with Crippen LogP contribution in [0.15, 0.2) is 24.3 Å². The summed E-state index contributed by atoms with van der Waals surface area (Å²) in [5.74, 6) is 0.598. The van der Waals surface area contributed by atoms with Gasteiger partial charge in [0.25, 0.3) is 0 Å². The molecule has 0 fully saturated rings. The molecular weight excluding hydrogens is 268 g/mol. The molecule has 0 saturated carbocycles. The van der Waals surface area contributed by atoms with Crippen molar-refractivity contribution in [3.63, 3.8) is 0 Å². The molecule has 0 spiro atoms. The van der Waals surface area contributed by atoms with E-state index in [4.69, 9.17) is 15.1 Å². The van der Waals surface area contributed by atoms with Crippen molar-refractivity contribution in [3.05, 3.63) is 29.8 Å². The average Bonchev–Trinajstić information content (AvgIpc) is 2.46. The number of nitrogens with zero attached hydrogens (tertiary/aromatic N) is 1. The van der Waals surface area contributed by atoms with E-state index in [1.165, 1.54) is 0 Å². The van der Waals surface area contributed by atoms with Gasteiger partial charge in [0.15, 0.2) is 0 Å². The molecule has 5 nitrogen and oxygen atoms in total. The SMILES string of the molecule is CC(C)(CO)NC(=O)CCCCOc1cccc(C#N)c1. The van der Waals surface area contributed by atoms with Gasteiger partial charge in [-0.3, -0.25) is 4.79 Å². The van der Waals surface area contributed by atoms with Gasteiger partial charge in [-0.2, -0.15) is 5.26 Å². The fraction of sp³-hybridized carbons (Fsp3) is 0.500. The molecule has 0 saturated heterocycles. The lowest BCUT2D eigenvalue weighted by Crippen LogP contribution is -2.46. The number of benzene rings is 1. The highest BCUT2D eigenvalue weighted by Gasteiger charge is 2.18. The highest BCUT2D eigenvalue weighted by atomic mass is 16.5. The van der Waals surface area contributed by atoms with Crippen LogP contribution in [-0.2, 0) is 4.79 Å². The summed E-state index contributed by atoms with van der Waals surface area (Å²) >= 11 is 0. The number of rotatable bonds is 8. The van der Waals surface area contributed by atoms with Crippen molar-refractivity contribution >= 4 is 5.91 Å². The molecule has 0 aliphatic rings. The van der Waals surface area contributed by atoms with Crippen LogP contribution in [-0.4, -0.2) is 29.8 Å². The zero-order valence-electron chi connectivity index (χ0n) is 12.6. The summed E-state index contributed by atoms with van der Waals surface area (Å²) in [4.78, 5) is 11.6. The lowest BCUT2D eigenvalue weighted by atomic mass is 10.1. The first-order valence-electron chi connectivity index (χ1n) is 7.02. The third-order valence-electron chi connectivity index (χ3n) is 2.90. The van der Waals surface area contributed by atoms with Crippen LogP contribution < -0.4 is 10.1 Å². The van der Waals surface area contributed by atoms with Crippen LogP contribution in [0.1, 0.15) is 38.7 Å². The molecular formula is C16H22N2O3. The first-order chi connectivity index (χ1) is 9.96. The first kappa shape index (κ1) is 17.0. The van der Waals surface area contributed by atoms with Crippen molar-refractivity contribution in [2.75, 3.05) is 13.2 Å². The number of nitriles is 1. The van der Waals surface area contributed by atoms with Gasteiger partial charge in [0.05, 0.1) is 30.4 Å². The minimum Gasteiger partial charge on any atom is -0.494 e. The van der Waals surface area contributed by atoms with Gasteiger partial charge in [0.1, 0.15) is 5.75 Å². The number of carbonyl (C=O) groups excluding carboxylic acids is 1. The number of hydrogen-bond donors (Lipinski definition) is 2. The number of nitrogens with one attached hydrogen (secondary N) is 1. The van der Waals surface area contributed by atoms with Crippen LogP contribution in [0.2, 0.25) is 0 Å². The van der Waals surface area contributed by atoms with Crippen LogP contribution in [0.3, 0.4) is 0 Å². The smallest absolute Gasteiger partial charge is 0.220 e. The number of amides is 1. The van der Waals surface area contributed by atoms with Gasteiger partial charge in [0.2, 0.25) is 5.91 Å². The van der Waals surface area contributed by atoms with Crippen molar-refractivity contribution in [3.8, 4) is 11.8 Å². The number of ether oxygens (including phenoxy) is 1. The van der Waals surface area contributed by atoms with E-state index in [-0.39, 0.29) is 12.5 Å². The Bertz CT molecular complexity index is 506. The molecule has 1 rings (SSSR count). The third kappa shape index (κ3) is 6.77. The number of aliphatic hydroxyl groups is 1. The summed E-state index contributed by atoms with van der Waals surface area (Å²) in [5.41, 5.74) is -0.0104. The fourth-order valence-corrected chi connectivity index (χ4v) is 1.71. The van der Waals surface area contributed by atoms with Gasteiger partial charge in [-0.1, -0.05) is 6.07 Å². The summed E-state index contributed by atoms with van der Waals surface area (Å²) in [5, 5.41) is 20.6. The molecule has 0 radical (unpaired) electrons. The largest absolute Gasteiger partial charge is 0.494 e. The molecule has 5 heteroatoms. The lowest BCUT2D eigenvalue weighted by Gasteiger charge is -2.23. The monoisotopic (exact) mass is 290 g/mol. The van der Waals surface area contributed by atoms with Gasteiger partial charge in [0, 0.05) is 6.42 Å². The van der Waals surface area contributed by atoms with Crippen molar-refractivity contribution in [1.29, 1.82) is 5.26 Å². The summed E-state index contributed by atoms with van der Waals surface area (Å²) < 4.78 is 5.53. The Morgan fingerprint density at radius 1 is 1.43 bits per heavy atom. The Morgan fingerprint density at radius 2 is 2.19 bits per heavy atom. The van der Waals surface area contributed by atoms with Gasteiger partial charge < -0.3 is 15.2 Å². The predicted molar refractivity (Wildman–Crippen MR) is 79.8 cm³/mol. The van der Waals surface area contributed by atoms with Crippen LogP contribution in [0, 0.1) is 11.3 Å². The number of unbranched alkanes of at least 4 members (excludes halogenated alkanes) is 1. The molecule has 0 aliphatic carbocycles. The van der Waals surface area contributed by atoms with E-state index in [9.17, 15) is 4.79 Å². The Labute approximate surface area is 125 Å². The molecule has 21 heavy (non-hydrogen) atoms. The zero-order valence-corrected chi connectivity index (χ0v) is 12.6. The van der Waals surface area contributed by atoms with E-state index < -0.39 is 5.54 Å². The van der Waals surface area contributed by atoms with E-state index in [0.717, 1.165) is 6.42 Å². The van der Waals surface area contributed by atoms with Gasteiger partial charge >= 0.3 is 0 Å². The predicted octanol–water partition coefficient (Wildman–Crippen LogP) is 1.99. The minimum atomic E-state index is -0.578. The summed E-state index contributed by atoms with van der Waals surface area (Å²) in [6.07, 6.45) is 1.88. The average molecular weight is 290 g/mol. The Hall–Kier alpha value is -2.06. The van der Waals surface area contributed by atoms with E-state index >= 15 is 0 Å². The minimum absolute atomic E-state index is 0.0690. The molecule has 0 aromatic heterocycles. The first-order valence-corrected chi connectivity index (χ1v) is 7.02. The van der Waals surface area contributed by atoms with Crippen molar-refractivity contribution in [1.82, 2.24) is 5.32 Å². The van der Waals surface area contributed by atoms with Crippen LogP contribution in [0.5, 0.6) is 5.75 Å². The molecule has 0 atom stereocenters. The number of hydrogen-bond acceptors (Lipinski definition) is 4. The van der Waals surface area contributed by atoms with Gasteiger partial charge in [-0.25, -0.2) is 0 Å². The molecule has 1 aromatic carbocycles. The third-order valence-corrected chi connectivity index (χ3v) is 2.90. The Balaban J connectivity index is 2.20. The van der Waals surface area contributed by atoms with Crippen LogP contribution in [0.4, 0.5) is 0 Å². The van der Waals surface area contributed by atoms with Gasteiger partial charge in [-0.05, 0) is 44.9 Å². The summed E-state index contributed by atoms with van der Waals surface area (Å²) in [7, 11) is 0. The molecule has 0 unspecified atom stereocenters. The van der Waals surface area contributed by atoms with E-state index in [1.54, 1.807) is 38.1 Å². The quantitative estimate of drug-likeness (QED) is 0.717.